The molecule has 0 saturated carbocycles. The number of nitrogens with one attached hydrogen (secondary N) is 2. The summed E-state index contributed by atoms with van der Waals surface area (Å²) in [6.45, 7) is 4.45. The fourth-order valence-corrected chi connectivity index (χ4v) is 5.27. The highest BCUT2D eigenvalue weighted by molar-refractivity contribution is 14.1. The number of carbonyl (C=O) groups is 2. The molecule has 2 amide bonds. The molecule has 190 valence electrons. The van der Waals surface area contributed by atoms with Gasteiger partial charge in [0.15, 0.2) is 0 Å². The van der Waals surface area contributed by atoms with E-state index in [2.05, 4.69) is 80.2 Å². The summed E-state index contributed by atoms with van der Waals surface area (Å²) in [6, 6.07) is 15.8. The third-order valence-electron chi connectivity index (χ3n) is 6.60. The van der Waals surface area contributed by atoms with Gasteiger partial charge in [-0.25, -0.2) is 9.78 Å². The largest absolute Gasteiger partial charge is 0.453 e. The van der Waals surface area contributed by atoms with Crippen LogP contribution >= 0.6 is 22.6 Å². The SMILES string of the molecule is COC(=O)NC(C(=O)N1CCC[C@H]1c1ncc(-c2ccc(I)c(N(C)c3ccccc3)c2)[nH]1)C(C)C. The van der Waals surface area contributed by atoms with Crippen LogP contribution in [0.5, 0.6) is 0 Å². The van der Waals surface area contributed by atoms with E-state index in [0.717, 1.165) is 44.9 Å². The van der Waals surface area contributed by atoms with Crippen LogP contribution in [0.1, 0.15) is 38.6 Å². The van der Waals surface area contributed by atoms with Crippen molar-refractivity contribution < 1.29 is 14.3 Å². The average molecular weight is 601 g/mol. The van der Waals surface area contributed by atoms with Crippen LogP contribution in [-0.4, -0.2) is 53.6 Å². The quantitative estimate of drug-likeness (QED) is 0.350. The van der Waals surface area contributed by atoms with Crippen molar-refractivity contribution in [2.24, 2.45) is 5.92 Å². The lowest BCUT2D eigenvalue weighted by molar-refractivity contribution is -0.135. The lowest BCUT2D eigenvalue weighted by Gasteiger charge is -2.30. The number of hydrogen-bond acceptors (Lipinski definition) is 5. The minimum atomic E-state index is -0.653. The number of amides is 2. The van der Waals surface area contributed by atoms with E-state index in [1.807, 2.05) is 43.1 Å². The maximum absolute atomic E-state index is 13.4. The zero-order chi connectivity index (χ0) is 25.8. The number of halogens is 1. The number of aromatic amines is 1. The number of hydrogen-bond donors (Lipinski definition) is 2. The van der Waals surface area contributed by atoms with E-state index >= 15 is 0 Å². The van der Waals surface area contributed by atoms with Gasteiger partial charge >= 0.3 is 6.09 Å². The van der Waals surface area contributed by atoms with Gasteiger partial charge in [-0.2, -0.15) is 0 Å². The number of para-hydroxylation sites is 1. The summed E-state index contributed by atoms with van der Waals surface area (Å²) in [5, 5.41) is 2.69. The highest BCUT2D eigenvalue weighted by Gasteiger charge is 2.37. The van der Waals surface area contributed by atoms with Crippen LogP contribution in [0.3, 0.4) is 0 Å². The minimum Gasteiger partial charge on any atom is -0.453 e. The number of anilines is 2. The van der Waals surface area contributed by atoms with Gasteiger partial charge in [0.1, 0.15) is 11.9 Å². The number of likely N-dealkylation sites (tertiary alicyclic amines) is 1. The first kappa shape index (κ1) is 26.0. The molecule has 36 heavy (non-hydrogen) atoms. The number of aromatic nitrogens is 2. The molecule has 0 aliphatic carbocycles. The van der Waals surface area contributed by atoms with E-state index in [1.54, 1.807) is 0 Å². The first-order valence-corrected chi connectivity index (χ1v) is 13.2. The molecule has 2 N–H and O–H groups in total. The molecular formula is C27H32IN5O3. The monoisotopic (exact) mass is 601 g/mol. The Balaban J connectivity index is 1.57. The Morgan fingerprint density at radius 1 is 1.22 bits per heavy atom. The van der Waals surface area contributed by atoms with E-state index in [1.165, 1.54) is 7.11 Å². The standard InChI is InChI=1S/C27H32IN5O3/c1-17(2)24(31-27(35)36-4)26(34)33-14-8-11-22(33)25-29-16-21(30-25)18-12-13-20(28)23(15-18)32(3)19-9-6-5-7-10-19/h5-7,9-10,12-13,15-17,22,24H,8,11,14H2,1-4H3,(H,29,30)(H,31,35)/t22-,24?/m0/s1. The Morgan fingerprint density at radius 3 is 2.67 bits per heavy atom. The number of rotatable bonds is 7. The van der Waals surface area contributed by atoms with E-state index in [-0.39, 0.29) is 17.9 Å². The van der Waals surface area contributed by atoms with E-state index in [0.29, 0.717) is 6.54 Å². The van der Waals surface area contributed by atoms with Crippen LogP contribution < -0.4 is 10.2 Å². The molecule has 2 atom stereocenters. The van der Waals surface area contributed by atoms with E-state index in [4.69, 9.17) is 4.74 Å². The predicted octanol–water partition coefficient (Wildman–Crippen LogP) is 5.49. The summed E-state index contributed by atoms with van der Waals surface area (Å²) in [6.07, 6.45) is 2.92. The molecule has 4 rings (SSSR count). The summed E-state index contributed by atoms with van der Waals surface area (Å²) in [5.41, 5.74) is 4.13. The molecule has 1 saturated heterocycles. The third-order valence-corrected chi connectivity index (χ3v) is 7.51. The van der Waals surface area contributed by atoms with Crippen LogP contribution in [0.15, 0.2) is 54.7 Å². The molecule has 2 heterocycles. The highest BCUT2D eigenvalue weighted by atomic mass is 127. The van der Waals surface area contributed by atoms with Crippen molar-refractivity contribution in [3.8, 4) is 11.3 Å². The second-order valence-corrected chi connectivity index (χ2v) is 10.5. The van der Waals surface area contributed by atoms with Crippen molar-refractivity contribution in [3.63, 3.8) is 0 Å². The number of carbonyl (C=O) groups excluding carboxylic acids is 2. The number of alkyl carbamates (subject to hydrolysis) is 1. The second kappa shape index (κ2) is 11.3. The fourth-order valence-electron chi connectivity index (χ4n) is 4.57. The maximum atomic E-state index is 13.4. The molecule has 1 fully saturated rings. The molecule has 1 aromatic heterocycles. The predicted molar refractivity (Wildman–Crippen MR) is 149 cm³/mol. The molecule has 1 unspecified atom stereocenters. The van der Waals surface area contributed by atoms with Gasteiger partial charge in [-0.3, -0.25) is 4.79 Å². The minimum absolute atomic E-state index is 0.0724. The summed E-state index contributed by atoms with van der Waals surface area (Å²) in [5.74, 6) is 0.571. The average Bonchev–Trinajstić information content (AvgIpc) is 3.57. The van der Waals surface area contributed by atoms with Crippen LogP contribution in [0.2, 0.25) is 0 Å². The Hall–Kier alpha value is -3.08. The number of H-pyrrole nitrogens is 1. The fraction of sp³-hybridized carbons (Fsp3) is 0.370. The van der Waals surface area contributed by atoms with Gasteiger partial charge in [0, 0.05) is 28.4 Å². The smallest absolute Gasteiger partial charge is 0.407 e. The van der Waals surface area contributed by atoms with Crippen LogP contribution in [0, 0.1) is 9.49 Å². The van der Waals surface area contributed by atoms with Crippen molar-refractivity contribution in [2.75, 3.05) is 25.6 Å². The normalized spacial score (nSPS) is 16.2. The van der Waals surface area contributed by atoms with Crippen molar-refractivity contribution in [3.05, 3.63) is 64.1 Å². The number of nitrogens with zero attached hydrogens (tertiary/aromatic N) is 3. The second-order valence-electron chi connectivity index (χ2n) is 9.29. The summed E-state index contributed by atoms with van der Waals surface area (Å²) in [4.78, 5) is 37.3. The van der Waals surface area contributed by atoms with Gasteiger partial charge in [-0.1, -0.05) is 38.1 Å². The molecule has 1 aliphatic rings. The van der Waals surface area contributed by atoms with Crippen molar-refractivity contribution in [2.45, 2.75) is 38.8 Å². The number of imidazole rings is 1. The van der Waals surface area contributed by atoms with Crippen LogP contribution in [-0.2, 0) is 9.53 Å². The van der Waals surface area contributed by atoms with Crippen LogP contribution in [0.25, 0.3) is 11.3 Å². The lowest BCUT2D eigenvalue weighted by Crippen LogP contribution is -2.51. The topological polar surface area (TPSA) is 90.6 Å². The summed E-state index contributed by atoms with van der Waals surface area (Å²) >= 11 is 2.36. The van der Waals surface area contributed by atoms with Crippen molar-refractivity contribution >= 4 is 46.0 Å². The zero-order valence-electron chi connectivity index (χ0n) is 21.0. The highest BCUT2D eigenvalue weighted by Crippen LogP contribution is 2.35. The summed E-state index contributed by atoms with van der Waals surface area (Å²) in [7, 11) is 3.36. The van der Waals surface area contributed by atoms with Gasteiger partial charge in [-0.15, -0.1) is 0 Å². The summed E-state index contributed by atoms with van der Waals surface area (Å²) < 4.78 is 5.87. The molecule has 9 heteroatoms. The molecule has 0 bridgehead atoms. The zero-order valence-corrected chi connectivity index (χ0v) is 23.2. The molecule has 2 aromatic carbocycles. The lowest BCUT2D eigenvalue weighted by atomic mass is 10.0. The number of benzene rings is 2. The molecule has 0 spiro atoms. The van der Waals surface area contributed by atoms with Gasteiger partial charge in [0.2, 0.25) is 5.91 Å². The Bertz CT molecular complexity index is 1210. The van der Waals surface area contributed by atoms with Crippen LogP contribution in [0.4, 0.5) is 16.2 Å². The first-order chi connectivity index (χ1) is 17.3. The number of methoxy groups -OCH3 is 1. The molecule has 8 nitrogen and oxygen atoms in total. The van der Waals surface area contributed by atoms with Crippen molar-refractivity contribution in [1.29, 1.82) is 0 Å². The molecular weight excluding hydrogens is 569 g/mol. The van der Waals surface area contributed by atoms with Gasteiger partial charge in [0.25, 0.3) is 0 Å². The van der Waals surface area contributed by atoms with Crippen molar-refractivity contribution in [1.82, 2.24) is 20.2 Å². The van der Waals surface area contributed by atoms with E-state index < -0.39 is 12.1 Å². The number of ether oxygens (including phenoxy) is 1. The van der Waals surface area contributed by atoms with Gasteiger partial charge in [-0.05, 0) is 65.6 Å². The maximum Gasteiger partial charge on any atom is 0.407 e. The van der Waals surface area contributed by atoms with Gasteiger partial charge in [0.05, 0.1) is 30.7 Å². The Morgan fingerprint density at radius 2 is 1.97 bits per heavy atom. The Kier molecular flexibility index (Phi) is 8.17. The molecule has 0 radical (unpaired) electrons. The van der Waals surface area contributed by atoms with E-state index in [9.17, 15) is 9.59 Å². The molecule has 1 aliphatic heterocycles. The first-order valence-electron chi connectivity index (χ1n) is 12.1. The Labute approximate surface area is 225 Å². The molecule has 3 aromatic rings. The third kappa shape index (κ3) is 5.50. The van der Waals surface area contributed by atoms with Gasteiger partial charge < -0.3 is 24.8 Å².